The third-order valence-corrected chi connectivity index (χ3v) is 3.86. The van der Waals surface area contributed by atoms with Crippen LogP contribution in [0.5, 0.6) is 0 Å². The molecule has 1 aromatic rings. The Morgan fingerprint density at radius 1 is 1.41 bits per heavy atom. The molecule has 0 spiro atoms. The molecule has 0 aromatic heterocycles. The molecule has 1 aromatic carbocycles. The Balaban J connectivity index is 1.90. The first kappa shape index (κ1) is 16.5. The van der Waals surface area contributed by atoms with Crippen LogP contribution in [0.4, 0.5) is 5.69 Å². The van der Waals surface area contributed by atoms with Crippen LogP contribution >= 0.6 is 0 Å². The van der Waals surface area contributed by atoms with Gasteiger partial charge in [-0.15, -0.1) is 0 Å². The third kappa shape index (κ3) is 4.05. The molecule has 1 unspecified atom stereocenters. The zero-order valence-electron chi connectivity index (χ0n) is 13.3. The smallest absolute Gasteiger partial charge is 0.243 e. The second-order valence-corrected chi connectivity index (χ2v) is 5.57. The number of hydrogen-bond donors (Lipinski definition) is 2. The number of benzene rings is 1. The van der Waals surface area contributed by atoms with Gasteiger partial charge in [-0.25, -0.2) is 0 Å². The number of ether oxygens (including phenoxy) is 1. The zero-order chi connectivity index (χ0) is 16.1. The Morgan fingerprint density at radius 3 is 2.86 bits per heavy atom. The standard InChI is InChI=1S/C16H23N3O3/c1-11-5-4-6-13(12(11)2)18-15(20)9-19(3)16(21)14-10-22-8-7-17-14/h4-6,14,17H,7-10H2,1-3H3,(H,18,20). The molecule has 0 bridgehead atoms. The normalized spacial score (nSPS) is 17.9. The molecule has 0 radical (unpaired) electrons. The maximum Gasteiger partial charge on any atom is 0.243 e. The van der Waals surface area contributed by atoms with Crippen molar-refractivity contribution in [1.29, 1.82) is 0 Å². The number of carbonyl (C=O) groups is 2. The fourth-order valence-corrected chi connectivity index (χ4v) is 2.36. The maximum absolute atomic E-state index is 12.2. The van der Waals surface area contributed by atoms with Crippen molar-refractivity contribution in [2.24, 2.45) is 0 Å². The predicted octanol–water partition coefficient (Wildman–Crippen LogP) is 0.689. The minimum Gasteiger partial charge on any atom is -0.378 e. The first-order valence-corrected chi connectivity index (χ1v) is 7.41. The molecule has 6 nitrogen and oxygen atoms in total. The number of carbonyl (C=O) groups excluding carboxylic acids is 2. The number of nitrogens with one attached hydrogen (secondary N) is 2. The van der Waals surface area contributed by atoms with Gasteiger partial charge in [-0.05, 0) is 31.0 Å². The highest BCUT2D eigenvalue weighted by molar-refractivity contribution is 5.95. The minimum atomic E-state index is -0.368. The molecule has 0 aliphatic carbocycles. The molecule has 120 valence electrons. The van der Waals surface area contributed by atoms with Crippen LogP contribution < -0.4 is 10.6 Å². The zero-order valence-corrected chi connectivity index (χ0v) is 13.3. The lowest BCUT2D eigenvalue weighted by molar-refractivity contribution is -0.137. The number of rotatable bonds is 4. The van der Waals surface area contributed by atoms with Gasteiger partial charge >= 0.3 is 0 Å². The second-order valence-electron chi connectivity index (χ2n) is 5.57. The molecule has 2 rings (SSSR count). The summed E-state index contributed by atoms with van der Waals surface area (Å²) in [4.78, 5) is 25.8. The van der Waals surface area contributed by atoms with Crippen molar-refractivity contribution in [3.05, 3.63) is 29.3 Å². The lowest BCUT2D eigenvalue weighted by Gasteiger charge is -2.27. The fraction of sp³-hybridized carbons (Fsp3) is 0.500. The van der Waals surface area contributed by atoms with Crippen LogP contribution in [0.15, 0.2) is 18.2 Å². The van der Waals surface area contributed by atoms with E-state index < -0.39 is 0 Å². The van der Waals surface area contributed by atoms with Gasteiger partial charge in [0.2, 0.25) is 11.8 Å². The van der Waals surface area contributed by atoms with Crippen LogP contribution in [0.1, 0.15) is 11.1 Å². The van der Waals surface area contributed by atoms with Crippen molar-refractivity contribution < 1.29 is 14.3 Å². The first-order chi connectivity index (χ1) is 10.5. The van der Waals surface area contributed by atoms with Gasteiger partial charge < -0.3 is 20.3 Å². The monoisotopic (exact) mass is 305 g/mol. The van der Waals surface area contributed by atoms with E-state index in [1.54, 1.807) is 7.05 Å². The molecular formula is C16H23N3O3. The fourth-order valence-electron chi connectivity index (χ4n) is 2.36. The summed E-state index contributed by atoms with van der Waals surface area (Å²) in [6.45, 7) is 5.59. The lowest BCUT2D eigenvalue weighted by atomic mass is 10.1. The van der Waals surface area contributed by atoms with Crippen LogP contribution in [0.2, 0.25) is 0 Å². The van der Waals surface area contributed by atoms with Crippen molar-refractivity contribution >= 4 is 17.5 Å². The molecule has 1 atom stereocenters. The van der Waals surface area contributed by atoms with Gasteiger partial charge in [0, 0.05) is 19.3 Å². The molecule has 1 saturated heterocycles. The highest BCUT2D eigenvalue weighted by Crippen LogP contribution is 2.17. The molecule has 6 heteroatoms. The van der Waals surface area contributed by atoms with E-state index in [-0.39, 0.29) is 24.4 Å². The predicted molar refractivity (Wildman–Crippen MR) is 84.8 cm³/mol. The van der Waals surface area contributed by atoms with E-state index in [1.165, 1.54) is 4.90 Å². The average Bonchev–Trinajstić information content (AvgIpc) is 2.52. The summed E-state index contributed by atoms with van der Waals surface area (Å²) < 4.78 is 5.27. The third-order valence-electron chi connectivity index (χ3n) is 3.86. The summed E-state index contributed by atoms with van der Waals surface area (Å²) in [6.07, 6.45) is 0. The molecule has 22 heavy (non-hydrogen) atoms. The Morgan fingerprint density at radius 2 is 2.18 bits per heavy atom. The summed E-state index contributed by atoms with van der Waals surface area (Å²) in [5.41, 5.74) is 2.93. The summed E-state index contributed by atoms with van der Waals surface area (Å²) in [7, 11) is 1.63. The van der Waals surface area contributed by atoms with E-state index in [1.807, 2.05) is 32.0 Å². The van der Waals surface area contributed by atoms with Gasteiger partial charge in [0.1, 0.15) is 6.04 Å². The van der Waals surface area contributed by atoms with E-state index in [9.17, 15) is 9.59 Å². The molecule has 0 saturated carbocycles. The van der Waals surface area contributed by atoms with Gasteiger partial charge in [0.05, 0.1) is 19.8 Å². The summed E-state index contributed by atoms with van der Waals surface area (Å²) in [5.74, 6) is -0.336. The molecule has 1 aliphatic heterocycles. The number of morpholine rings is 1. The Hall–Kier alpha value is -1.92. The Bertz CT molecular complexity index is 554. The summed E-state index contributed by atoms with van der Waals surface area (Å²) in [6, 6.07) is 5.39. The Kier molecular flexibility index (Phi) is 5.51. The second kappa shape index (κ2) is 7.38. The van der Waals surface area contributed by atoms with E-state index in [2.05, 4.69) is 10.6 Å². The molecule has 2 amide bonds. The number of aryl methyl sites for hydroxylation is 1. The van der Waals surface area contributed by atoms with Gasteiger partial charge in [-0.1, -0.05) is 12.1 Å². The maximum atomic E-state index is 12.2. The van der Waals surface area contributed by atoms with Gasteiger partial charge in [0.15, 0.2) is 0 Å². The van der Waals surface area contributed by atoms with E-state index >= 15 is 0 Å². The van der Waals surface area contributed by atoms with Crippen molar-refractivity contribution in [2.45, 2.75) is 19.9 Å². The summed E-state index contributed by atoms with van der Waals surface area (Å²) >= 11 is 0. The van der Waals surface area contributed by atoms with Crippen LogP contribution in [-0.2, 0) is 14.3 Å². The van der Waals surface area contributed by atoms with Crippen LogP contribution in [-0.4, -0.2) is 56.1 Å². The first-order valence-electron chi connectivity index (χ1n) is 7.41. The number of hydrogen-bond acceptors (Lipinski definition) is 4. The van der Waals surface area contributed by atoms with Gasteiger partial charge in [0.25, 0.3) is 0 Å². The van der Waals surface area contributed by atoms with Crippen LogP contribution in [0, 0.1) is 13.8 Å². The van der Waals surface area contributed by atoms with Crippen LogP contribution in [0.3, 0.4) is 0 Å². The van der Waals surface area contributed by atoms with Crippen LogP contribution in [0.25, 0.3) is 0 Å². The summed E-state index contributed by atoms with van der Waals surface area (Å²) in [5, 5.41) is 5.95. The number of anilines is 1. The SMILES string of the molecule is Cc1cccc(NC(=O)CN(C)C(=O)C2COCCN2)c1C. The quantitative estimate of drug-likeness (QED) is 0.858. The highest BCUT2D eigenvalue weighted by Gasteiger charge is 2.25. The van der Waals surface area contributed by atoms with Crippen molar-refractivity contribution in [3.8, 4) is 0 Å². The molecule has 1 aliphatic rings. The van der Waals surface area contributed by atoms with Crippen molar-refractivity contribution in [2.75, 3.05) is 38.7 Å². The average molecular weight is 305 g/mol. The van der Waals surface area contributed by atoms with E-state index in [4.69, 9.17) is 4.74 Å². The Labute approximate surface area is 130 Å². The molecular weight excluding hydrogens is 282 g/mol. The minimum absolute atomic E-state index is 0.0182. The topological polar surface area (TPSA) is 70.7 Å². The largest absolute Gasteiger partial charge is 0.378 e. The number of nitrogens with zero attached hydrogens (tertiary/aromatic N) is 1. The number of amides is 2. The van der Waals surface area contributed by atoms with Crippen molar-refractivity contribution in [3.63, 3.8) is 0 Å². The highest BCUT2D eigenvalue weighted by atomic mass is 16.5. The molecule has 1 heterocycles. The van der Waals surface area contributed by atoms with Crippen molar-refractivity contribution in [1.82, 2.24) is 10.2 Å². The van der Waals surface area contributed by atoms with E-state index in [0.717, 1.165) is 16.8 Å². The molecule has 1 fully saturated rings. The lowest BCUT2D eigenvalue weighted by Crippen LogP contribution is -2.52. The van der Waals surface area contributed by atoms with E-state index in [0.29, 0.717) is 19.8 Å². The number of likely N-dealkylation sites (N-methyl/N-ethyl adjacent to an activating group) is 1. The van der Waals surface area contributed by atoms with Gasteiger partial charge in [-0.2, -0.15) is 0 Å². The molecule has 2 N–H and O–H groups in total. The van der Waals surface area contributed by atoms with Gasteiger partial charge in [-0.3, -0.25) is 9.59 Å².